The first-order valence-electron chi connectivity index (χ1n) is 8.99. The first kappa shape index (κ1) is 16.7. The third kappa shape index (κ3) is 3.31. The van der Waals surface area contributed by atoms with Crippen molar-refractivity contribution in [3.63, 3.8) is 0 Å². The molecule has 6 heteroatoms. The van der Waals surface area contributed by atoms with Crippen LogP contribution in [0.2, 0.25) is 0 Å². The second-order valence-corrected chi connectivity index (χ2v) is 6.54. The first-order chi connectivity index (χ1) is 12.7. The molecular formula is C20H22N2O4. The van der Waals surface area contributed by atoms with Gasteiger partial charge in [-0.1, -0.05) is 6.07 Å². The predicted molar refractivity (Wildman–Crippen MR) is 95.4 cm³/mol. The third-order valence-corrected chi connectivity index (χ3v) is 4.78. The highest BCUT2D eigenvalue weighted by atomic mass is 16.6. The Bertz CT molecular complexity index is 781. The Morgan fingerprint density at radius 1 is 1.27 bits per heavy atom. The molecule has 1 aromatic carbocycles. The monoisotopic (exact) mass is 354 g/mol. The number of hydrogen-bond acceptors (Lipinski definition) is 5. The van der Waals surface area contributed by atoms with Crippen LogP contribution in [0, 0.1) is 0 Å². The van der Waals surface area contributed by atoms with Crippen LogP contribution in [0.5, 0.6) is 17.2 Å². The number of likely N-dealkylation sites (tertiary alicyclic amines) is 1. The fourth-order valence-corrected chi connectivity index (χ4v) is 3.55. The summed E-state index contributed by atoms with van der Waals surface area (Å²) in [5.74, 6) is 2.12. The van der Waals surface area contributed by atoms with Gasteiger partial charge in [0, 0.05) is 12.7 Å². The molecule has 1 saturated heterocycles. The van der Waals surface area contributed by atoms with E-state index in [1.807, 2.05) is 23.1 Å². The lowest BCUT2D eigenvalue weighted by Gasteiger charge is -2.29. The minimum atomic E-state index is -0.558. The van der Waals surface area contributed by atoms with E-state index in [-0.39, 0.29) is 11.9 Å². The Balaban J connectivity index is 1.50. The Labute approximate surface area is 152 Å². The number of hydrogen-bond donors (Lipinski definition) is 0. The number of pyridine rings is 1. The first-order valence-corrected chi connectivity index (χ1v) is 8.99. The molecule has 0 N–H and O–H groups in total. The molecule has 2 atom stereocenters. The number of amides is 1. The highest BCUT2D eigenvalue weighted by Gasteiger charge is 2.34. The maximum atomic E-state index is 12.9. The summed E-state index contributed by atoms with van der Waals surface area (Å²) in [6.45, 7) is 3.65. The van der Waals surface area contributed by atoms with Crippen molar-refractivity contribution in [1.29, 1.82) is 0 Å². The summed E-state index contributed by atoms with van der Waals surface area (Å²) in [6, 6.07) is 9.59. The molecule has 2 aromatic rings. The second-order valence-electron chi connectivity index (χ2n) is 6.54. The summed E-state index contributed by atoms with van der Waals surface area (Å²) < 4.78 is 17.0. The van der Waals surface area contributed by atoms with Crippen LogP contribution in [0.1, 0.15) is 31.4 Å². The maximum absolute atomic E-state index is 12.9. The lowest BCUT2D eigenvalue weighted by atomic mass is 10.0. The number of aromatic nitrogens is 1. The number of ether oxygens (including phenoxy) is 3. The summed E-state index contributed by atoms with van der Waals surface area (Å²) in [7, 11) is 0. The summed E-state index contributed by atoms with van der Waals surface area (Å²) in [5.41, 5.74) is 1.08. The highest BCUT2D eigenvalue weighted by molar-refractivity contribution is 5.81. The van der Waals surface area contributed by atoms with Gasteiger partial charge in [-0.25, -0.2) is 0 Å². The van der Waals surface area contributed by atoms with Gasteiger partial charge in [-0.3, -0.25) is 9.78 Å². The van der Waals surface area contributed by atoms with Crippen LogP contribution in [-0.4, -0.2) is 41.7 Å². The van der Waals surface area contributed by atoms with Gasteiger partial charge in [0.25, 0.3) is 5.91 Å². The van der Waals surface area contributed by atoms with Crippen molar-refractivity contribution >= 4 is 5.91 Å². The van der Waals surface area contributed by atoms with Crippen LogP contribution in [-0.2, 0) is 4.79 Å². The number of carbonyl (C=O) groups excluding carboxylic acids is 1. The van der Waals surface area contributed by atoms with Crippen molar-refractivity contribution in [2.45, 2.75) is 31.9 Å². The average molecular weight is 354 g/mol. The largest absolute Gasteiger partial charge is 0.486 e. The van der Waals surface area contributed by atoms with Crippen molar-refractivity contribution in [1.82, 2.24) is 9.88 Å². The molecule has 1 aromatic heterocycles. The van der Waals surface area contributed by atoms with E-state index in [2.05, 4.69) is 4.98 Å². The molecule has 3 heterocycles. The second kappa shape index (κ2) is 7.23. The van der Waals surface area contributed by atoms with Gasteiger partial charge in [0.15, 0.2) is 17.6 Å². The molecular weight excluding hydrogens is 332 g/mol. The molecule has 0 radical (unpaired) electrons. The van der Waals surface area contributed by atoms with Crippen molar-refractivity contribution in [3.8, 4) is 17.2 Å². The minimum Gasteiger partial charge on any atom is -0.486 e. The van der Waals surface area contributed by atoms with E-state index in [4.69, 9.17) is 14.2 Å². The molecule has 6 nitrogen and oxygen atoms in total. The van der Waals surface area contributed by atoms with Crippen LogP contribution in [0.25, 0.3) is 0 Å². The number of benzene rings is 1. The fourth-order valence-electron chi connectivity index (χ4n) is 3.55. The van der Waals surface area contributed by atoms with Crippen molar-refractivity contribution in [2.24, 2.45) is 0 Å². The quantitative estimate of drug-likeness (QED) is 0.845. The molecule has 2 unspecified atom stereocenters. The molecule has 26 heavy (non-hydrogen) atoms. The number of rotatable bonds is 4. The minimum absolute atomic E-state index is 0.00811. The zero-order valence-corrected chi connectivity index (χ0v) is 14.8. The Morgan fingerprint density at radius 2 is 2.12 bits per heavy atom. The lowest BCUT2D eigenvalue weighted by Crippen LogP contribution is -2.40. The summed E-state index contributed by atoms with van der Waals surface area (Å²) >= 11 is 0. The number of nitrogens with zero attached hydrogens (tertiary/aromatic N) is 2. The lowest BCUT2D eigenvalue weighted by molar-refractivity contribution is -0.138. The summed E-state index contributed by atoms with van der Waals surface area (Å²) in [5, 5.41) is 0. The molecule has 0 aliphatic carbocycles. The fraction of sp³-hybridized carbons (Fsp3) is 0.400. The SMILES string of the molecule is CC(Oc1cccnc1)C(=O)N1CCCC1c1ccc2c(c1)OCCO2. The van der Waals surface area contributed by atoms with E-state index in [1.165, 1.54) is 0 Å². The molecule has 1 fully saturated rings. The Hall–Kier alpha value is -2.76. The molecule has 0 saturated carbocycles. The van der Waals surface area contributed by atoms with Crippen LogP contribution < -0.4 is 14.2 Å². The van der Waals surface area contributed by atoms with Gasteiger partial charge in [-0.2, -0.15) is 0 Å². The van der Waals surface area contributed by atoms with Gasteiger partial charge < -0.3 is 19.1 Å². The van der Waals surface area contributed by atoms with E-state index >= 15 is 0 Å². The van der Waals surface area contributed by atoms with Crippen LogP contribution in [0.15, 0.2) is 42.7 Å². The topological polar surface area (TPSA) is 60.9 Å². The smallest absolute Gasteiger partial charge is 0.263 e. The van der Waals surface area contributed by atoms with E-state index in [1.54, 1.807) is 31.5 Å². The highest BCUT2D eigenvalue weighted by Crippen LogP contribution is 2.38. The van der Waals surface area contributed by atoms with Gasteiger partial charge >= 0.3 is 0 Å². The van der Waals surface area contributed by atoms with E-state index in [0.29, 0.717) is 19.0 Å². The number of carbonyl (C=O) groups is 1. The van der Waals surface area contributed by atoms with Crippen LogP contribution in [0.3, 0.4) is 0 Å². The molecule has 4 rings (SSSR count). The zero-order valence-electron chi connectivity index (χ0n) is 14.8. The molecule has 2 aliphatic heterocycles. The molecule has 2 aliphatic rings. The standard InChI is InChI=1S/C20H22N2O4/c1-14(26-16-4-2-8-21-13-16)20(23)22-9-3-5-17(22)15-6-7-18-19(12-15)25-11-10-24-18/h2,4,6-8,12-14,17H,3,5,9-11H2,1H3. The molecule has 136 valence electrons. The summed E-state index contributed by atoms with van der Waals surface area (Å²) in [4.78, 5) is 18.9. The normalized spacial score (nSPS) is 19.9. The van der Waals surface area contributed by atoms with Crippen LogP contribution >= 0.6 is 0 Å². The molecule has 1 amide bonds. The van der Waals surface area contributed by atoms with E-state index in [9.17, 15) is 4.79 Å². The van der Waals surface area contributed by atoms with E-state index < -0.39 is 6.10 Å². The molecule has 0 bridgehead atoms. The van der Waals surface area contributed by atoms with Gasteiger partial charge in [0.1, 0.15) is 19.0 Å². The summed E-state index contributed by atoms with van der Waals surface area (Å²) in [6.07, 6.45) is 4.65. The maximum Gasteiger partial charge on any atom is 0.263 e. The van der Waals surface area contributed by atoms with Crippen LogP contribution in [0.4, 0.5) is 0 Å². The third-order valence-electron chi connectivity index (χ3n) is 4.78. The van der Waals surface area contributed by atoms with Gasteiger partial charge in [-0.15, -0.1) is 0 Å². The van der Waals surface area contributed by atoms with Gasteiger partial charge in [-0.05, 0) is 49.6 Å². The Morgan fingerprint density at radius 3 is 2.92 bits per heavy atom. The van der Waals surface area contributed by atoms with Crippen molar-refractivity contribution < 1.29 is 19.0 Å². The Kier molecular flexibility index (Phi) is 4.65. The number of fused-ring (bicyclic) bond motifs is 1. The zero-order chi connectivity index (χ0) is 17.9. The van der Waals surface area contributed by atoms with Crippen molar-refractivity contribution in [3.05, 3.63) is 48.3 Å². The van der Waals surface area contributed by atoms with Gasteiger partial charge in [0.05, 0.1) is 12.2 Å². The van der Waals surface area contributed by atoms with Crippen molar-refractivity contribution in [2.75, 3.05) is 19.8 Å². The average Bonchev–Trinajstić information content (AvgIpc) is 3.17. The van der Waals surface area contributed by atoms with E-state index in [0.717, 1.165) is 36.4 Å². The van der Waals surface area contributed by atoms with Gasteiger partial charge in [0.2, 0.25) is 0 Å². The molecule has 0 spiro atoms. The predicted octanol–water partition coefficient (Wildman–Crippen LogP) is 2.98.